The molecular weight excluding hydrogens is 372 g/mol. The first-order valence-corrected chi connectivity index (χ1v) is 11.1. The van der Waals surface area contributed by atoms with Crippen LogP contribution in [0.3, 0.4) is 0 Å². The fourth-order valence-corrected chi connectivity index (χ4v) is 5.03. The summed E-state index contributed by atoms with van der Waals surface area (Å²) in [6.07, 6.45) is 1.38. The van der Waals surface area contributed by atoms with Crippen molar-refractivity contribution in [3.05, 3.63) is 65.2 Å². The number of sulfonamides is 1. The number of hydrogen-bond donors (Lipinski definition) is 1. The standard InChI is InChI=1S/C22H28N2O3S/c1-16-6-10-19(11-7-16)18(3)23-22(25)20-5-4-14-24(15-20)28(26,27)21-12-8-17(2)9-13-21/h6-13,18,20H,4-5,14-15H2,1-3H3,(H,23,25)/t18-,20+/m0/s1. The van der Waals surface area contributed by atoms with E-state index in [2.05, 4.69) is 5.32 Å². The van der Waals surface area contributed by atoms with Crippen LogP contribution in [0.25, 0.3) is 0 Å². The van der Waals surface area contributed by atoms with Crippen molar-refractivity contribution >= 4 is 15.9 Å². The SMILES string of the molecule is Cc1ccc([C@H](C)NC(=O)[C@@H]2CCCN(S(=O)(=O)c3ccc(C)cc3)C2)cc1. The Labute approximate surface area is 167 Å². The van der Waals surface area contributed by atoms with Gasteiger partial charge in [-0.3, -0.25) is 4.79 Å². The normalized spacial score (nSPS) is 19.2. The van der Waals surface area contributed by atoms with Crippen molar-refractivity contribution in [1.82, 2.24) is 9.62 Å². The molecule has 0 unspecified atom stereocenters. The van der Waals surface area contributed by atoms with Crippen LogP contribution in [0.4, 0.5) is 0 Å². The van der Waals surface area contributed by atoms with E-state index >= 15 is 0 Å². The monoisotopic (exact) mass is 400 g/mol. The minimum absolute atomic E-state index is 0.0862. The number of benzene rings is 2. The number of carbonyl (C=O) groups is 1. The fraction of sp³-hybridized carbons (Fsp3) is 0.409. The second-order valence-electron chi connectivity index (χ2n) is 7.66. The van der Waals surface area contributed by atoms with Crippen LogP contribution < -0.4 is 5.32 Å². The maximum atomic E-state index is 12.9. The van der Waals surface area contributed by atoms with Gasteiger partial charge in [0.25, 0.3) is 0 Å². The Bertz CT molecular complexity index is 921. The summed E-state index contributed by atoms with van der Waals surface area (Å²) in [6.45, 7) is 6.58. The molecule has 0 spiro atoms. The molecule has 1 fully saturated rings. The molecule has 2 atom stereocenters. The topological polar surface area (TPSA) is 66.5 Å². The third-order valence-electron chi connectivity index (χ3n) is 5.35. The van der Waals surface area contributed by atoms with Crippen molar-refractivity contribution in [2.45, 2.75) is 44.6 Å². The smallest absolute Gasteiger partial charge is 0.243 e. The van der Waals surface area contributed by atoms with E-state index in [-0.39, 0.29) is 29.3 Å². The number of carbonyl (C=O) groups excluding carboxylic acids is 1. The van der Waals surface area contributed by atoms with E-state index in [1.54, 1.807) is 24.3 Å². The highest BCUT2D eigenvalue weighted by Gasteiger charge is 2.33. The summed E-state index contributed by atoms with van der Waals surface area (Å²) in [4.78, 5) is 13.1. The lowest BCUT2D eigenvalue weighted by atomic mass is 9.97. The van der Waals surface area contributed by atoms with Crippen LogP contribution >= 0.6 is 0 Å². The number of hydrogen-bond acceptors (Lipinski definition) is 3. The van der Waals surface area contributed by atoms with Crippen LogP contribution in [0, 0.1) is 19.8 Å². The summed E-state index contributed by atoms with van der Waals surface area (Å²) in [6, 6.07) is 14.8. The van der Waals surface area contributed by atoms with E-state index < -0.39 is 10.0 Å². The van der Waals surface area contributed by atoms with Gasteiger partial charge in [0.1, 0.15) is 0 Å². The number of nitrogens with one attached hydrogen (secondary N) is 1. The molecule has 2 aromatic rings. The molecule has 5 nitrogen and oxygen atoms in total. The third kappa shape index (κ3) is 4.62. The second kappa shape index (κ2) is 8.45. The second-order valence-corrected chi connectivity index (χ2v) is 9.59. The number of amides is 1. The van der Waals surface area contributed by atoms with Crippen LogP contribution in [-0.4, -0.2) is 31.7 Å². The Morgan fingerprint density at radius 3 is 2.21 bits per heavy atom. The van der Waals surface area contributed by atoms with Gasteiger partial charge in [0.05, 0.1) is 16.9 Å². The molecular formula is C22H28N2O3S. The quantitative estimate of drug-likeness (QED) is 0.834. The molecule has 1 aliphatic heterocycles. The summed E-state index contributed by atoms with van der Waals surface area (Å²) >= 11 is 0. The van der Waals surface area contributed by atoms with Gasteiger partial charge in [-0.1, -0.05) is 47.5 Å². The zero-order valence-electron chi connectivity index (χ0n) is 16.7. The molecule has 1 heterocycles. The van der Waals surface area contributed by atoms with Crippen molar-refractivity contribution in [3.63, 3.8) is 0 Å². The number of piperidine rings is 1. The first-order chi connectivity index (χ1) is 13.3. The van der Waals surface area contributed by atoms with Gasteiger partial charge in [-0.15, -0.1) is 0 Å². The minimum atomic E-state index is -3.58. The Hall–Kier alpha value is -2.18. The molecule has 0 aliphatic carbocycles. The van der Waals surface area contributed by atoms with Gasteiger partial charge in [-0.2, -0.15) is 4.31 Å². The Balaban J connectivity index is 1.67. The average molecular weight is 401 g/mol. The van der Waals surface area contributed by atoms with Crippen molar-refractivity contribution in [2.75, 3.05) is 13.1 Å². The average Bonchev–Trinajstić information content (AvgIpc) is 2.69. The summed E-state index contributed by atoms with van der Waals surface area (Å²) in [5.74, 6) is -0.418. The van der Waals surface area contributed by atoms with Gasteiger partial charge in [0.15, 0.2) is 0 Å². The van der Waals surface area contributed by atoms with Crippen molar-refractivity contribution in [2.24, 2.45) is 5.92 Å². The van der Waals surface area contributed by atoms with Gasteiger partial charge in [-0.25, -0.2) is 8.42 Å². The molecule has 0 aromatic heterocycles. The molecule has 28 heavy (non-hydrogen) atoms. The molecule has 150 valence electrons. The van der Waals surface area contributed by atoms with Gasteiger partial charge in [-0.05, 0) is 51.3 Å². The molecule has 1 N–H and O–H groups in total. The summed E-state index contributed by atoms with van der Waals surface area (Å²) < 4.78 is 27.3. The largest absolute Gasteiger partial charge is 0.349 e. The van der Waals surface area contributed by atoms with Crippen LogP contribution in [0.1, 0.15) is 42.5 Å². The zero-order valence-corrected chi connectivity index (χ0v) is 17.5. The lowest BCUT2D eigenvalue weighted by molar-refractivity contribution is -0.126. The summed E-state index contributed by atoms with van der Waals surface area (Å²) in [7, 11) is -3.58. The van der Waals surface area contributed by atoms with Gasteiger partial charge in [0, 0.05) is 13.1 Å². The maximum absolute atomic E-state index is 12.9. The van der Waals surface area contributed by atoms with E-state index in [4.69, 9.17) is 0 Å². The van der Waals surface area contributed by atoms with Gasteiger partial charge >= 0.3 is 0 Å². The molecule has 1 amide bonds. The lowest BCUT2D eigenvalue weighted by Crippen LogP contribution is -2.45. The predicted octanol–water partition coefficient (Wildman–Crippen LogP) is 3.58. The lowest BCUT2D eigenvalue weighted by Gasteiger charge is -2.32. The summed E-state index contributed by atoms with van der Waals surface area (Å²) in [5, 5.41) is 3.04. The van der Waals surface area contributed by atoms with Crippen LogP contribution in [0.15, 0.2) is 53.4 Å². The number of rotatable bonds is 5. The molecule has 0 bridgehead atoms. The van der Waals surface area contributed by atoms with E-state index in [9.17, 15) is 13.2 Å². The van der Waals surface area contributed by atoms with E-state index in [0.29, 0.717) is 19.4 Å². The fourth-order valence-electron chi connectivity index (χ4n) is 3.50. The maximum Gasteiger partial charge on any atom is 0.243 e. The number of aryl methyl sites for hydroxylation is 2. The highest BCUT2D eigenvalue weighted by Crippen LogP contribution is 2.25. The van der Waals surface area contributed by atoms with E-state index in [0.717, 1.165) is 11.1 Å². The highest BCUT2D eigenvalue weighted by molar-refractivity contribution is 7.89. The Kier molecular flexibility index (Phi) is 6.20. The first kappa shape index (κ1) is 20.6. The highest BCUT2D eigenvalue weighted by atomic mass is 32.2. The third-order valence-corrected chi connectivity index (χ3v) is 7.23. The molecule has 6 heteroatoms. The van der Waals surface area contributed by atoms with E-state index in [1.807, 2.05) is 45.0 Å². The number of nitrogens with zero attached hydrogens (tertiary/aromatic N) is 1. The van der Waals surface area contributed by atoms with Crippen LogP contribution in [-0.2, 0) is 14.8 Å². The molecule has 1 saturated heterocycles. The van der Waals surface area contributed by atoms with Gasteiger partial charge in [0.2, 0.25) is 15.9 Å². The molecule has 2 aromatic carbocycles. The van der Waals surface area contributed by atoms with Crippen molar-refractivity contribution in [3.8, 4) is 0 Å². The molecule has 1 aliphatic rings. The van der Waals surface area contributed by atoms with Crippen molar-refractivity contribution in [1.29, 1.82) is 0 Å². The Morgan fingerprint density at radius 2 is 1.61 bits per heavy atom. The molecule has 0 radical (unpaired) electrons. The zero-order chi connectivity index (χ0) is 20.3. The molecule has 3 rings (SSSR count). The molecule has 0 saturated carbocycles. The first-order valence-electron chi connectivity index (χ1n) is 9.71. The Morgan fingerprint density at radius 1 is 1.04 bits per heavy atom. The minimum Gasteiger partial charge on any atom is -0.349 e. The summed E-state index contributed by atoms with van der Waals surface area (Å²) in [5.41, 5.74) is 3.23. The predicted molar refractivity (Wildman–Crippen MR) is 110 cm³/mol. The van der Waals surface area contributed by atoms with Crippen LogP contribution in [0.5, 0.6) is 0 Å². The van der Waals surface area contributed by atoms with Crippen LogP contribution in [0.2, 0.25) is 0 Å². The van der Waals surface area contributed by atoms with E-state index in [1.165, 1.54) is 9.87 Å². The van der Waals surface area contributed by atoms with Crippen molar-refractivity contribution < 1.29 is 13.2 Å². The van der Waals surface area contributed by atoms with Gasteiger partial charge < -0.3 is 5.32 Å².